The molecule has 0 aliphatic carbocycles. The summed E-state index contributed by atoms with van der Waals surface area (Å²) < 4.78 is 9.96. The SMILES string of the molecule is COCCOC(=O)c1c(C)[nH]c(C(=O)N2C[C@@H](O)C[C@H]2CO)c1C. The lowest BCUT2D eigenvalue weighted by molar-refractivity contribution is 0.0386. The molecule has 0 radical (unpaired) electrons. The van der Waals surface area contributed by atoms with Crippen molar-refractivity contribution in [3.63, 3.8) is 0 Å². The maximum Gasteiger partial charge on any atom is 0.340 e. The molecule has 2 atom stereocenters. The minimum absolute atomic E-state index is 0.133. The number of aliphatic hydroxyl groups is 2. The van der Waals surface area contributed by atoms with Crippen molar-refractivity contribution in [3.05, 3.63) is 22.5 Å². The third kappa shape index (κ3) is 3.61. The molecule has 0 saturated carbocycles. The van der Waals surface area contributed by atoms with Crippen molar-refractivity contribution in [2.75, 3.05) is 33.5 Å². The molecule has 24 heavy (non-hydrogen) atoms. The van der Waals surface area contributed by atoms with Gasteiger partial charge in [0.05, 0.1) is 30.9 Å². The topological polar surface area (TPSA) is 112 Å². The van der Waals surface area contributed by atoms with E-state index in [2.05, 4.69) is 4.98 Å². The number of H-pyrrole nitrogens is 1. The van der Waals surface area contributed by atoms with Crippen LogP contribution in [0.1, 0.15) is 38.5 Å². The predicted molar refractivity (Wildman–Crippen MR) is 85.0 cm³/mol. The average Bonchev–Trinajstić information content (AvgIpc) is 3.06. The standard InChI is InChI=1S/C16H24N2O6/c1-9-13(16(22)24-5-4-23-3)10(2)17-14(9)15(21)18-7-12(20)6-11(18)8-19/h11-12,17,19-20H,4-8H2,1-3H3/t11-,12-/m0/s1. The van der Waals surface area contributed by atoms with Crippen LogP contribution in [-0.4, -0.2) is 77.6 Å². The Morgan fingerprint density at radius 3 is 2.67 bits per heavy atom. The zero-order chi connectivity index (χ0) is 17.9. The maximum absolute atomic E-state index is 12.7. The van der Waals surface area contributed by atoms with Crippen LogP contribution >= 0.6 is 0 Å². The van der Waals surface area contributed by atoms with E-state index in [4.69, 9.17) is 9.47 Å². The number of amides is 1. The number of aliphatic hydroxyl groups excluding tert-OH is 2. The van der Waals surface area contributed by atoms with Crippen LogP contribution in [0.25, 0.3) is 0 Å². The number of aromatic nitrogens is 1. The van der Waals surface area contributed by atoms with E-state index in [0.717, 1.165) is 0 Å². The van der Waals surface area contributed by atoms with Gasteiger partial charge in [-0.3, -0.25) is 4.79 Å². The molecule has 0 spiro atoms. The summed E-state index contributed by atoms with van der Waals surface area (Å²) in [5, 5.41) is 19.1. The van der Waals surface area contributed by atoms with E-state index in [1.54, 1.807) is 13.8 Å². The van der Waals surface area contributed by atoms with Gasteiger partial charge in [-0.15, -0.1) is 0 Å². The summed E-state index contributed by atoms with van der Waals surface area (Å²) in [4.78, 5) is 29.3. The highest BCUT2D eigenvalue weighted by Crippen LogP contribution is 2.24. The fraction of sp³-hybridized carbons (Fsp3) is 0.625. The Morgan fingerprint density at radius 2 is 2.04 bits per heavy atom. The van der Waals surface area contributed by atoms with Crippen LogP contribution in [0.15, 0.2) is 0 Å². The predicted octanol–water partition coefficient (Wildman–Crippen LogP) is 0.00244. The van der Waals surface area contributed by atoms with E-state index >= 15 is 0 Å². The van der Waals surface area contributed by atoms with Crippen molar-refractivity contribution < 1.29 is 29.3 Å². The molecule has 1 fully saturated rings. The highest BCUT2D eigenvalue weighted by molar-refractivity contribution is 6.00. The first-order valence-electron chi connectivity index (χ1n) is 7.85. The number of rotatable bonds is 6. The monoisotopic (exact) mass is 340 g/mol. The third-order valence-electron chi connectivity index (χ3n) is 4.24. The van der Waals surface area contributed by atoms with Crippen molar-refractivity contribution in [2.45, 2.75) is 32.4 Å². The van der Waals surface area contributed by atoms with Gasteiger partial charge < -0.3 is 29.6 Å². The fourth-order valence-corrected chi connectivity index (χ4v) is 3.02. The molecule has 2 rings (SSSR count). The normalized spacial score (nSPS) is 20.5. The Hall–Kier alpha value is -1.90. The summed E-state index contributed by atoms with van der Waals surface area (Å²) in [7, 11) is 1.51. The number of nitrogens with one attached hydrogen (secondary N) is 1. The second-order valence-corrected chi connectivity index (χ2v) is 5.94. The van der Waals surface area contributed by atoms with Crippen molar-refractivity contribution in [2.24, 2.45) is 0 Å². The van der Waals surface area contributed by atoms with Gasteiger partial charge in [0.25, 0.3) is 5.91 Å². The zero-order valence-electron chi connectivity index (χ0n) is 14.2. The molecule has 1 saturated heterocycles. The van der Waals surface area contributed by atoms with E-state index in [0.29, 0.717) is 29.8 Å². The summed E-state index contributed by atoms with van der Waals surface area (Å²) in [5.74, 6) is -0.861. The zero-order valence-corrected chi connectivity index (χ0v) is 14.2. The number of β-amino-alcohol motifs (C(OH)–C–C–N with tert-alkyl or cyclic N) is 1. The molecule has 2 heterocycles. The van der Waals surface area contributed by atoms with Crippen molar-refractivity contribution in [1.82, 2.24) is 9.88 Å². The molecule has 1 aliphatic heterocycles. The molecule has 1 aromatic rings. The molecule has 8 heteroatoms. The Bertz CT molecular complexity index is 612. The first-order valence-corrected chi connectivity index (χ1v) is 7.85. The average molecular weight is 340 g/mol. The van der Waals surface area contributed by atoms with E-state index in [1.165, 1.54) is 12.0 Å². The van der Waals surface area contributed by atoms with Crippen LogP contribution in [-0.2, 0) is 9.47 Å². The molecule has 0 unspecified atom stereocenters. The van der Waals surface area contributed by atoms with Crippen molar-refractivity contribution in [1.29, 1.82) is 0 Å². The maximum atomic E-state index is 12.7. The molecule has 0 bridgehead atoms. The number of esters is 1. The summed E-state index contributed by atoms with van der Waals surface area (Å²) in [6, 6.07) is -0.424. The summed E-state index contributed by atoms with van der Waals surface area (Å²) in [6.07, 6.45) is -0.312. The molecule has 8 nitrogen and oxygen atoms in total. The van der Waals surface area contributed by atoms with Crippen LogP contribution in [0.5, 0.6) is 0 Å². The fourth-order valence-electron chi connectivity index (χ4n) is 3.02. The minimum Gasteiger partial charge on any atom is -0.460 e. The number of aromatic amines is 1. The van der Waals surface area contributed by atoms with Gasteiger partial charge in [0.15, 0.2) is 0 Å². The summed E-state index contributed by atoms with van der Waals surface area (Å²) in [6.45, 7) is 3.74. The lowest BCUT2D eigenvalue weighted by Crippen LogP contribution is -2.38. The highest BCUT2D eigenvalue weighted by Gasteiger charge is 2.36. The Labute approximate surface area is 140 Å². The van der Waals surface area contributed by atoms with Crippen molar-refractivity contribution in [3.8, 4) is 0 Å². The van der Waals surface area contributed by atoms with Gasteiger partial charge >= 0.3 is 5.97 Å². The Kier molecular flexibility index (Phi) is 5.98. The van der Waals surface area contributed by atoms with Crippen LogP contribution in [0, 0.1) is 13.8 Å². The quantitative estimate of drug-likeness (QED) is 0.496. The van der Waals surface area contributed by atoms with Gasteiger partial charge in [-0.25, -0.2) is 4.79 Å². The highest BCUT2D eigenvalue weighted by atomic mass is 16.6. The van der Waals surface area contributed by atoms with Gasteiger partial charge in [-0.2, -0.15) is 0 Å². The lowest BCUT2D eigenvalue weighted by Gasteiger charge is -2.22. The van der Waals surface area contributed by atoms with E-state index < -0.39 is 18.1 Å². The number of hydrogen-bond donors (Lipinski definition) is 3. The number of likely N-dealkylation sites (tertiary alicyclic amines) is 1. The van der Waals surface area contributed by atoms with Crippen LogP contribution in [0.2, 0.25) is 0 Å². The molecule has 1 amide bonds. The van der Waals surface area contributed by atoms with Gasteiger partial charge in [-0.05, 0) is 25.8 Å². The van der Waals surface area contributed by atoms with Gasteiger partial charge in [0.2, 0.25) is 0 Å². The van der Waals surface area contributed by atoms with Crippen LogP contribution in [0.4, 0.5) is 0 Å². The minimum atomic E-state index is -0.652. The summed E-state index contributed by atoms with van der Waals surface area (Å²) in [5.41, 5.74) is 1.64. The van der Waals surface area contributed by atoms with Crippen LogP contribution < -0.4 is 0 Å². The van der Waals surface area contributed by atoms with Gasteiger partial charge in [-0.1, -0.05) is 0 Å². The molecule has 134 valence electrons. The molecular weight excluding hydrogens is 316 g/mol. The van der Waals surface area contributed by atoms with Crippen molar-refractivity contribution >= 4 is 11.9 Å². The van der Waals surface area contributed by atoms with E-state index in [-0.39, 0.29) is 31.4 Å². The Morgan fingerprint density at radius 1 is 1.33 bits per heavy atom. The van der Waals surface area contributed by atoms with Gasteiger partial charge in [0.1, 0.15) is 12.3 Å². The number of ether oxygens (including phenoxy) is 2. The first kappa shape index (κ1) is 18.4. The molecular formula is C16H24N2O6. The first-order chi connectivity index (χ1) is 11.4. The number of carbonyl (C=O) groups excluding carboxylic acids is 2. The smallest absolute Gasteiger partial charge is 0.340 e. The van der Waals surface area contributed by atoms with Gasteiger partial charge in [0, 0.05) is 19.3 Å². The number of nitrogens with zero attached hydrogens (tertiary/aromatic N) is 1. The largest absolute Gasteiger partial charge is 0.460 e. The number of carbonyl (C=O) groups is 2. The summed E-state index contributed by atoms with van der Waals surface area (Å²) >= 11 is 0. The lowest BCUT2D eigenvalue weighted by atomic mass is 10.1. The molecule has 1 aromatic heterocycles. The second kappa shape index (κ2) is 7.78. The number of methoxy groups -OCH3 is 1. The Balaban J connectivity index is 2.21. The van der Waals surface area contributed by atoms with Crippen LogP contribution in [0.3, 0.4) is 0 Å². The number of hydrogen-bond acceptors (Lipinski definition) is 6. The second-order valence-electron chi connectivity index (χ2n) is 5.94. The molecule has 1 aliphatic rings. The van der Waals surface area contributed by atoms with E-state index in [9.17, 15) is 19.8 Å². The molecule has 3 N–H and O–H groups in total. The third-order valence-corrected chi connectivity index (χ3v) is 4.24. The van der Waals surface area contributed by atoms with E-state index in [1.807, 2.05) is 0 Å². The molecule has 0 aromatic carbocycles. The number of aryl methyl sites for hydroxylation is 1.